The Labute approximate surface area is 356 Å². The number of primary amides is 3. The van der Waals surface area contributed by atoms with Crippen LogP contribution in [0.3, 0.4) is 0 Å². The first-order valence-corrected chi connectivity index (χ1v) is 21.6. The van der Waals surface area contributed by atoms with Crippen molar-refractivity contribution in [1.29, 1.82) is 0 Å². The van der Waals surface area contributed by atoms with Gasteiger partial charge in [-0.15, -0.1) is 0 Å². The van der Waals surface area contributed by atoms with Gasteiger partial charge in [-0.05, 0) is 32.1 Å². The van der Waals surface area contributed by atoms with Crippen LogP contribution in [0.4, 0.5) is 0 Å². The fourth-order valence-corrected chi connectivity index (χ4v) is 8.64. The first kappa shape index (κ1) is 49.5. The van der Waals surface area contributed by atoms with E-state index in [9.17, 15) is 52.7 Å². The molecule has 61 heavy (non-hydrogen) atoms. The molecule has 3 saturated heterocycles. The number of amides is 11. The zero-order valence-electron chi connectivity index (χ0n) is 33.0. The third-order valence-corrected chi connectivity index (χ3v) is 11.9. The summed E-state index contributed by atoms with van der Waals surface area (Å²) >= 11 is 0. The fourth-order valence-electron chi connectivity index (χ4n) is 6.36. The van der Waals surface area contributed by atoms with E-state index >= 15 is 0 Å². The van der Waals surface area contributed by atoms with Gasteiger partial charge in [0.1, 0.15) is 42.3 Å². The highest BCUT2D eigenvalue weighted by Crippen LogP contribution is 2.26. The standard InChI is InChI=1S/C33H53N15O11S2/c34-14-12-60-61-13-20(32(59)48-8-2-4-21(48)31(58)43-15(3-1-7-40-33(38)39)26(53)41-11-24(37)51)47-30(57)19(10-23(36)50)46-27(54)16(5-6-22(35)49)42-28(55)18-9-17(29(56)45-18)44-25(14)52/h14-21H,1-13,34H2,(H2,35,49)(H2,36,50)(H2,37,51)(H,41,53)(H,42,55)(H,43,58)(H,44,52)(H,45,56)(H,46,54)(H,47,57)(H4,38,39,40)/t14-,15-,16-,17+,18-,19-,20-,21-/m0/s1. The topological polar surface area (TPSA) is 444 Å². The summed E-state index contributed by atoms with van der Waals surface area (Å²) in [6.07, 6.45) is -1.05. The molecule has 2 bridgehead atoms. The zero-order valence-corrected chi connectivity index (χ0v) is 34.6. The number of hydrogen-bond donors (Lipinski definition) is 13. The molecule has 3 fully saturated rings. The van der Waals surface area contributed by atoms with Gasteiger partial charge in [0.15, 0.2) is 5.96 Å². The number of carbonyl (C=O) groups is 11. The van der Waals surface area contributed by atoms with Gasteiger partial charge in [-0.25, -0.2) is 0 Å². The third-order valence-electron chi connectivity index (χ3n) is 9.46. The maximum atomic E-state index is 14.3. The number of hydrogen-bond acceptors (Lipinski definition) is 15. The summed E-state index contributed by atoms with van der Waals surface area (Å²) in [5.74, 6) is -9.85. The predicted molar refractivity (Wildman–Crippen MR) is 218 cm³/mol. The summed E-state index contributed by atoms with van der Waals surface area (Å²) in [6, 6.07) is -10.6. The number of aliphatic imine (C=N–C) groups is 1. The molecular weight excluding hydrogens is 847 g/mol. The molecule has 338 valence electrons. The molecule has 0 aromatic rings. The van der Waals surface area contributed by atoms with Gasteiger partial charge >= 0.3 is 0 Å². The number of carbonyl (C=O) groups excluding carboxylic acids is 11. The van der Waals surface area contributed by atoms with Crippen LogP contribution in [0.1, 0.15) is 51.4 Å². The third kappa shape index (κ3) is 15.9. The highest BCUT2D eigenvalue weighted by atomic mass is 33.1. The van der Waals surface area contributed by atoms with Crippen molar-refractivity contribution >= 4 is 92.5 Å². The van der Waals surface area contributed by atoms with Crippen LogP contribution in [-0.2, 0) is 52.7 Å². The Morgan fingerprint density at radius 2 is 1.39 bits per heavy atom. The number of likely N-dealkylation sites (tertiary alicyclic amines) is 1. The minimum atomic E-state index is -1.73. The number of nitrogens with zero attached hydrogens (tertiary/aromatic N) is 2. The van der Waals surface area contributed by atoms with Crippen LogP contribution in [-0.4, -0.2) is 155 Å². The van der Waals surface area contributed by atoms with Gasteiger partial charge < -0.3 is 76.5 Å². The predicted octanol–water partition coefficient (Wildman–Crippen LogP) is -8.19. The van der Waals surface area contributed by atoms with Crippen molar-refractivity contribution < 1.29 is 52.7 Å². The van der Waals surface area contributed by atoms with Crippen LogP contribution < -0.4 is 71.6 Å². The molecule has 3 aliphatic rings. The van der Waals surface area contributed by atoms with Gasteiger partial charge in [-0.3, -0.25) is 57.7 Å². The van der Waals surface area contributed by atoms with Crippen molar-refractivity contribution in [2.45, 2.75) is 99.7 Å². The van der Waals surface area contributed by atoms with Crippen LogP contribution in [0.2, 0.25) is 0 Å². The second-order valence-electron chi connectivity index (χ2n) is 14.3. The van der Waals surface area contributed by atoms with Crippen molar-refractivity contribution in [3.05, 3.63) is 0 Å². The second kappa shape index (κ2) is 23.8. The SMILES string of the molecule is NC(=O)CC[C@@H]1NC(=O)[C@@H]2C[C@@H](NC(=O)[C@@H](N)CSSC[C@@H](C(=O)N3CCC[C@H]3C(=O)N[C@@H](CCCN=C(N)N)C(=O)NCC(N)=O)NC(=O)[C@H](CC(N)=O)NC1=O)C(=O)N2. The number of nitrogens with one attached hydrogen (secondary N) is 7. The lowest BCUT2D eigenvalue weighted by atomic mass is 10.1. The van der Waals surface area contributed by atoms with E-state index in [2.05, 4.69) is 42.2 Å². The van der Waals surface area contributed by atoms with Crippen LogP contribution in [0.15, 0.2) is 4.99 Å². The van der Waals surface area contributed by atoms with E-state index in [1.807, 2.05) is 0 Å². The Bertz CT molecular complexity index is 1750. The normalized spacial score (nSPS) is 25.7. The molecule has 0 aliphatic carbocycles. The van der Waals surface area contributed by atoms with E-state index in [0.29, 0.717) is 6.42 Å². The molecule has 26 nitrogen and oxygen atoms in total. The molecular formula is C33H53N15O11S2. The summed E-state index contributed by atoms with van der Waals surface area (Å²) in [5.41, 5.74) is 32.7. The number of nitrogens with two attached hydrogens (primary N) is 6. The molecule has 3 heterocycles. The van der Waals surface area contributed by atoms with Crippen molar-refractivity contribution in [1.82, 2.24) is 42.1 Å². The van der Waals surface area contributed by atoms with E-state index in [4.69, 9.17) is 34.4 Å². The lowest BCUT2D eigenvalue weighted by molar-refractivity contribution is -0.142. The lowest BCUT2D eigenvalue weighted by Gasteiger charge is -2.30. The van der Waals surface area contributed by atoms with Gasteiger partial charge in [0.05, 0.1) is 19.0 Å². The molecule has 11 amide bonds. The maximum absolute atomic E-state index is 14.3. The highest BCUT2D eigenvalue weighted by Gasteiger charge is 2.42. The van der Waals surface area contributed by atoms with Crippen LogP contribution >= 0.6 is 21.6 Å². The maximum Gasteiger partial charge on any atom is 0.246 e. The van der Waals surface area contributed by atoms with E-state index in [-0.39, 0.29) is 62.7 Å². The van der Waals surface area contributed by atoms with Gasteiger partial charge in [0.2, 0.25) is 65.0 Å². The number of rotatable bonds is 15. The van der Waals surface area contributed by atoms with E-state index < -0.39 is 133 Å². The Balaban J connectivity index is 1.92. The highest BCUT2D eigenvalue weighted by molar-refractivity contribution is 8.76. The summed E-state index contributed by atoms with van der Waals surface area (Å²) in [7, 11) is 2.04. The van der Waals surface area contributed by atoms with Gasteiger partial charge in [0, 0.05) is 37.4 Å². The average molecular weight is 900 g/mol. The average Bonchev–Trinajstić information content (AvgIpc) is 3.83. The van der Waals surface area contributed by atoms with Crippen molar-refractivity contribution in [2.24, 2.45) is 39.4 Å². The summed E-state index contributed by atoms with van der Waals surface area (Å²) in [4.78, 5) is 147. The van der Waals surface area contributed by atoms with E-state index in [1.165, 1.54) is 4.90 Å². The largest absolute Gasteiger partial charge is 0.370 e. The smallest absolute Gasteiger partial charge is 0.246 e. The molecule has 8 atom stereocenters. The monoisotopic (exact) mass is 899 g/mol. The number of fused-ring (bicyclic) bond motifs is 2. The minimum Gasteiger partial charge on any atom is -0.370 e. The fraction of sp³-hybridized carbons (Fsp3) is 0.636. The second-order valence-corrected chi connectivity index (χ2v) is 16.8. The number of guanidine groups is 1. The molecule has 0 aromatic heterocycles. The molecule has 0 spiro atoms. The molecule has 3 aliphatic heterocycles. The quantitative estimate of drug-likeness (QED) is 0.0314. The van der Waals surface area contributed by atoms with Crippen molar-refractivity contribution in [2.75, 3.05) is 31.1 Å². The molecule has 28 heteroatoms. The first-order valence-electron chi connectivity index (χ1n) is 19.1. The molecule has 0 radical (unpaired) electrons. The summed E-state index contributed by atoms with van der Waals surface area (Å²) in [6.45, 7) is -0.373. The minimum absolute atomic E-state index is 0.0228. The summed E-state index contributed by atoms with van der Waals surface area (Å²) in [5, 5.41) is 17.1. The molecule has 3 rings (SSSR count). The Morgan fingerprint density at radius 3 is 2.03 bits per heavy atom. The summed E-state index contributed by atoms with van der Waals surface area (Å²) < 4.78 is 0. The Hall–Kier alpha value is -5.90. The van der Waals surface area contributed by atoms with Crippen LogP contribution in [0, 0.1) is 0 Å². The van der Waals surface area contributed by atoms with Gasteiger partial charge in [0.25, 0.3) is 0 Å². The lowest BCUT2D eigenvalue weighted by Crippen LogP contribution is -2.60. The van der Waals surface area contributed by atoms with Gasteiger partial charge in [-0.2, -0.15) is 0 Å². The van der Waals surface area contributed by atoms with Crippen LogP contribution in [0.5, 0.6) is 0 Å². The van der Waals surface area contributed by atoms with Crippen molar-refractivity contribution in [3.63, 3.8) is 0 Å². The molecule has 19 N–H and O–H groups in total. The molecule has 0 saturated carbocycles. The zero-order chi connectivity index (χ0) is 45.4. The molecule has 0 unspecified atom stereocenters. The Morgan fingerprint density at radius 1 is 0.770 bits per heavy atom. The van der Waals surface area contributed by atoms with Crippen molar-refractivity contribution in [3.8, 4) is 0 Å². The Kier molecular flexibility index (Phi) is 19.3. The van der Waals surface area contributed by atoms with Gasteiger partial charge in [-0.1, -0.05) is 21.6 Å². The van der Waals surface area contributed by atoms with Crippen LogP contribution in [0.25, 0.3) is 0 Å². The van der Waals surface area contributed by atoms with E-state index in [0.717, 1.165) is 21.6 Å². The molecule has 0 aromatic carbocycles. The first-order chi connectivity index (χ1) is 28.8. The van der Waals surface area contributed by atoms with E-state index in [1.54, 1.807) is 0 Å².